The van der Waals surface area contributed by atoms with Crippen molar-refractivity contribution in [3.63, 3.8) is 0 Å². The number of carbonyl (C=O) groups excluding carboxylic acids is 2. The summed E-state index contributed by atoms with van der Waals surface area (Å²) in [5.74, 6) is -3.32. The second-order valence-electron chi connectivity index (χ2n) is 9.16. The maximum Gasteiger partial charge on any atom is 0.421 e. The first-order valence-corrected chi connectivity index (χ1v) is 11.1. The van der Waals surface area contributed by atoms with Crippen LogP contribution in [-0.4, -0.2) is 53.8 Å². The van der Waals surface area contributed by atoms with Crippen molar-refractivity contribution in [2.75, 3.05) is 25.5 Å². The van der Waals surface area contributed by atoms with E-state index in [1.54, 1.807) is 25.7 Å². The van der Waals surface area contributed by atoms with Crippen molar-refractivity contribution in [2.24, 2.45) is 0 Å². The third-order valence-electron chi connectivity index (χ3n) is 5.27. The average Bonchev–Trinajstić information content (AvgIpc) is 2.79. The fourth-order valence-corrected chi connectivity index (χ4v) is 3.57. The summed E-state index contributed by atoms with van der Waals surface area (Å²) in [5.41, 5.74) is -1.87. The smallest absolute Gasteiger partial charge is 0.421 e. The number of anilines is 1. The number of esters is 1. The van der Waals surface area contributed by atoms with Crippen LogP contribution >= 0.6 is 0 Å². The van der Waals surface area contributed by atoms with Crippen LogP contribution in [0.5, 0.6) is 11.6 Å². The van der Waals surface area contributed by atoms with Crippen molar-refractivity contribution in [3.8, 4) is 11.6 Å². The molecular formula is C24H27F4N3O5. The molecule has 1 fully saturated rings. The Bertz CT molecular complexity index is 1110. The molecule has 1 N–H and O–H groups in total. The Labute approximate surface area is 205 Å². The fourth-order valence-electron chi connectivity index (χ4n) is 3.57. The number of nitrogens with one attached hydrogen (secondary N) is 1. The van der Waals surface area contributed by atoms with Gasteiger partial charge in [-0.3, -0.25) is 0 Å². The normalized spacial score (nSPS) is 14.8. The number of ether oxygens (including phenoxy) is 3. The molecule has 0 spiro atoms. The number of likely N-dealkylation sites (tertiary alicyclic amines) is 1. The molecule has 1 aliphatic heterocycles. The summed E-state index contributed by atoms with van der Waals surface area (Å²) >= 11 is 0. The number of halogens is 4. The molecule has 12 heteroatoms. The van der Waals surface area contributed by atoms with Crippen molar-refractivity contribution < 1.29 is 41.4 Å². The maximum absolute atomic E-state index is 14.9. The Kier molecular flexibility index (Phi) is 7.95. The van der Waals surface area contributed by atoms with Crippen LogP contribution in [0, 0.1) is 5.82 Å². The predicted octanol–water partition coefficient (Wildman–Crippen LogP) is 5.63. The molecule has 1 aromatic carbocycles. The van der Waals surface area contributed by atoms with Crippen LogP contribution in [0.15, 0.2) is 30.5 Å². The van der Waals surface area contributed by atoms with Gasteiger partial charge in [0.25, 0.3) is 0 Å². The van der Waals surface area contributed by atoms with Crippen LogP contribution in [0.4, 0.5) is 28.0 Å². The summed E-state index contributed by atoms with van der Waals surface area (Å²) in [6.45, 7) is 6.07. The molecule has 36 heavy (non-hydrogen) atoms. The Morgan fingerprint density at radius 1 is 1.14 bits per heavy atom. The monoisotopic (exact) mass is 513 g/mol. The van der Waals surface area contributed by atoms with Gasteiger partial charge in [-0.05, 0) is 45.7 Å². The molecule has 1 aromatic heterocycles. The van der Waals surface area contributed by atoms with Gasteiger partial charge in [-0.2, -0.15) is 13.2 Å². The van der Waals surface area contributed by atoms with Gasteiger partial charge in [-0.1, -0.05) is 0 Å². The molecule has 0 bridgehead atoms. The lowest BCUT2D eigenvalue weighted by Crippen LogP contribution is -2.44. The molecule has 3 rings (SSSR count). The fraction of sp³-hybridized carbons (Fsp3) is 0.458. The summed E-state index contributed by atoms with van der Waals surface area (Å²) in [6, 6.07) is 3.53. The zero-order valence-electron chi connectivity index (χ0n) is 20.2. The highest BCUT2D eigenvalue weighted by atomic mass is 19.4. The second kappa shape index (κ2) is 10.6. The molecule has 2 heterocycles. The number of nitrogens with zero attached hydrogens (tertiary/aromatic N) is 2. The highest BCUT2D eigenvalue weighted by Crippen LogP contribution is 2.38. The molecule has 8 nitrogen and oxygen atoms in total. The quantitative estimate of drug-likeness (QED) is 0.409. The van der Waals surface area contributed by atoms with Crippen molar-refractivity contribution in [1.29, 1.82) is 0 Å². The van der Waals surface area contributed by atoms with Gasteiger partial charge in [0, 0.05) is 37.5 Å². The highest BCUT2D eigenvalue weighted by molar-refractivity contribution is 5.96. The minimum absolute atomic E-state index is 0.0829. The molecule has 0 unspecified atom stereocenters. The third kappa shape index (κ3) is 6.76. The number of methoxy groups -OCH3 is 1. The lowest BCUT2D eigenvalue weighted by atomic mass is 10.0. The van der Waals surface area contributed by atoms with Gasteiger partial charge >= 0.3 is 18.2 Å². The Morgan fingerprint density at radius 2 is 1.81 bits per heavy atom. The van der Waals surface area contributed by atoms with E-state index in [2.05, 4.69) is 10.3 Å². The van der Waals surface area contributed by atoms with Gasteiger partial charge < -0.3 is 24.4 Å². The van der Waals surface area contributed by atoms with Crippen molar-refractivity contribution in [3.05, 3.63) is 47.4 Å². The number of hydrogen-bond donors (Lipinski definition) is 1. The molecular weight excluding hydrogens is 486 g/mol. The predicted molar refractivity (Wildman–Crippen MR) is 122 cm³/mol. The van der Waals surface area contributed by atoms with Gasteiger partial charge in [-0.15, -0.1) is 0 Å². The zero-order chi connectivity index (χ0) is 26.7. The first kappa shape index (κ1) is 27.0. The van der Waals surface area contributed by atoms with Crippen molar-refractivity contribution in [1.82, 2.24) is 9.88 Å². The zero-order valence-corrected chi connectivity index (χ0v) is 20.2. The Morgan fingerprint density at radius 3 is 2.39 bits per heavy atom. The summed E-state index contributed by atoms with van der Waals surface area (Å²) in [5, 5.41) is 3.07. The minimum Gasteiger partial charge on any atom is -0.465 e. The molecule has 1 aliphatic rings. The van der Waals surface area contributed by atoms with E-state index in [0.717, 1.165) is 37.6 Å². The highest BCUT2D eigenvalue weighted by Gasteiger charge is 2.36. The van der Waals surface area contributed by atoms with E-state index in [0.29, 0.717) is 25.9 Å². The average molecular weight is 513 g/mol. The van der Waals surface area contributed by atoms with Crippen LogP contribution in [0.25, 0.3) is 0 Å². The Hall–Kier alpha value is -3.57. The number of rotatable bonds is 5. The van der Waals surface area contributed by atoms with E-state index in [4.69, 9.17) is 14.2 Å². The molecule has 1 amide bonds. The first-order chi connectivity index (χ1) is 16.8. The van der Waals surface area contributed by atoms with Crippen LogP contribution < -0.4 is 10.1 Å². The van der Waals surface area contributed by atoms with E-state index in [1.165, 1.54) is 0 Å². The number of alkyl halides is 3. The van der Waals surface area contributed by atoms with E-state index in [1.807, 2.05) is 0 Å². The van der Waals surface area contributed by atoms with E-state index in [9.17, 15) is 27.2 Å². The molecule has 0 atom stereocenters. The number of piperidine rings is 1. The van der Waals surface area contributed by atoms with Crippen LogP contribution in [-0.2, 0) is 15.7 Å². The van der Waals surface area contributed by atoms with Gasteiger partial charge in [0.05, 0.1) is 18.4 Å². The topological polar surface area (TPSA) is 90.0 Å². The number of pyridine rings is 1. The molecule has 0 saturated carbocycles. The molecule has 0 aliphatic carbocycles. The van der Waals surface area contributed by atoms with Gasteiger partial charge in [0.2, 0.25) is 5.88 Å². The molecule has 196 valence electrons. The SMILES string of the molecule is COC(=O)c1cc(Oc2ncccc2C(F)(F)F)c(F)cc1NC1CCN(C(=O)OC(C)(C)C)CC1. The third-order valence-corrected chi connectivity index (χ3v) is 5.27. The standard InChI is InChI=1S/C24H27F4N3O5/c1-23(2,3)36-22(33)31-10-7-14(8-11-31)30-18-13-17(25)19(12-15(18)21(32)34-4)35-20-16(24(26,27)28)6-5-9-29-20/h5-6,9,12-14,30H,7-8,10-11H2,1-4H3. The summed E-state index contributed by atoms with van der Waals surface area (Å²) in [4.78, 5) is 29.8. The number of benzene rings is 1. The summed E-state index contributed by atoms with van der Waals surface area (Å²) < 4.78 is 70.0. The van der Waals surface area contributed by atoms with E-state index in [-0.39, 0.29) is 17.3 Å². The summed E-state index contributed by atoms with van der Waals surface area (Å²) in [6.07, 6.45) is -3.16. The lowest BCUT2D eigenvalue weighted by Gasteiger charge is -2.34. The molecule has 1 saturated heterocycles. The molecule has 2 aromatic rings. The Balaban J connectivity index is 1.79. The van der Waals surface area contributed by atoms with Crippen molar-refractivity contribution >= 4 is 17.7 Å². The maximum atomic E-state index is 14.9. The van der Waals surface area contributed by atoms with Crippen LogP contribution in [0.3, 0.4) is 0 Å². The minimum atomic E-state index is -4.78. The van der Waals surface area contributed by atoms with Crippen LogP contribution in [0.1, 0.15) is 49.5 Å². The number of hydrogen-bond acceptors (Lipinski definition) is 7. The van der Waals surface area contributed by atoms with E-state index < -0.39 is 46.9 Å². The lowest BCUT2D eigenvalue weighted by molar-refractivity contribution is -0.138. The summed E-state index contributed by atoms with van der Waals surface area (Å²) in [7, 11) is 1.12. The number of amides is 1. The largest absolute Gasteiger partial charge is 0.465 e. The molecule has 0 radical (unpaired) electrons. The van der Waals surface area contributed by atoms with Gasteiger partial charge in [0.1, 0.15) is 11.2 Å². The second-order valence-corrected chi connectivity index (χ2v) is 9.16. The first-order valence-electron chi connectivity index (χ1n) is 11.1. The van der Waals surface area contributed by atoms with Crippen LogP contribution in [0.2, 0.25) is 0 Å². The van der Waals surface area contributed by atoms with Gasteiger partial charge in [-0.25, -0.2) is 19.0 Å². The number of aromatic nitrogens is 1. The van der Waals surface area contributed by atoms with E-state index >= 15 is 0 Å². The van der Waals surface area contributed by atoms with Gasteiger partial charge in [0.15, 0.2) is 11.6 Å². The van der Waals surface area contributed by atoms with Crippen molar-refractivity contribution in [2.45, 2.75) is 51.4 Å². The number of carbonyl (C=O) groups is 2.